The number of rotatable bonds is 2. The Morgan fingerprint density at radius 3 is 1.43 bits per heavy atom. The second-order valence-corrected chi connectivity index (χ2v) is 1.35. The summed E-state index contributed by atoms with van der Waals surface area (Å²) < 4.78 is 0. The first-order valence-electron chi connectivity index (χ1n) is 2.53. The van der Waals surface area contributed by atoms with Gasteiger partial charge in [0.1, 0.15) is 0 Å². The van der Waals surface area contributed by atoms with Crippen LogP contribution in [-0.2, 0) is 17.3 Å². The quantitative estimate of drug-likeness (QED) is 0.543. The van der Waals surface area contributed by atoms with Crippen molar-refractivity contribution < 1.29 is 17.3 Å². The number of hydrogen-bond donors (Lipinski definition) is 0. The monoisotopic (exact) mass is 306 g/mol. The van der Waals surface area contributed by atoms with Gasteiger partial charge in [0.25, 0.3) is 0 Å². The number of hydrogen-bond acceptors (Lipinski definition) is 0. The molecule has 0 heterocycles. The Bertz CT molecular complexity index is 15.6. The summed E-state index contributed by atoms with van der Waals surface area (Å²) in [7, 11) is 0. The van der Waals surface area contributed by atoms with Crippen molar-refractivity contribution in [2.45, 2.75) is 33.1 Å². The predicted octanol–water partition coefficient (Wildman–Crippen LogP) is 3.08. The molecule has 0 bridgehead atoms. The predicted molar refractivity (Wildman–Crippen MR) is 39.2 cm³/mol. The van der Waals surface area contributed by atoms with E-state index < -0.39 is 0 Å². The fraction of sp³-hybridized carbons (Fsp3) is 1.00. The van der Waals surface area contributed by atoms with Crippen LogP contribution in [0, 0.1) is 0 Å². The third kappa shape index (κ3) is 18.6. The van der Waals surface area contributed by atoms with Crippen molar-refractivity contribution in [1.29, 1.82) is 0 Å². The van der Waals surface area contributed by atoms with Crippen molar-refractivity contribution in [3.8, 4) is 0 Å². The van der Waals surface area contributed by atoms with Gasteiger partial charge in [0, 0.05) is 0 Å². The van der Waals surface area contributed by atoms with E-state index in [1.807, 2.05) is 19.0 Å². The van der Waals surface area contributed by atoms with Gasteiger partial charge in [-0.1, -0.05) is 33.1 Å². The average molecular weight is 307 g/mol. The molecule has 0 saturated heterocycles. The first-order valence-corrected chi connectivity index (χ1v) is 6.94. The van der Waals surface area contributed by atoms with Crippen LogP contribution in [-0.4, -0.2) is 0 Å². The van der Waals surface area contributed by atoms with Crippen LogP contribution in [0.15, 0.2) is 0 Å². The molecular formula is C5H12AgI. The average Bonchev–Trinajstić information content (AvgIpc) is 1.75. The van der Waals surface area contributed by atoms with Crippen LogP contribution in [0.5, 0.6) is 0 Å². The molecule has 0 aromatic carbocycles. The zero-order chi connectivity index (χ0) is 6.12. The molecule has 0 amide bonds. The summed E-state index contributed by atoms with van der Waals surface area (Å²) in [5.74, 6) is 0. The molecule has 0 N–H and O–H groups in total. The topological polar surface area (TPSA) is 0 Å². The third-order valence-corrected chi connectivity index (χ3v) is 0.707. The molecule has 2 heteroatoms. The Kier molecular flexibility index (Phi) is 25.2. The summed E-state index contributed by atoms with van der Waals surface area (Å²) in [5.41, 5.74) is 0. The second-order valence-electron chi connectivity index (χ2n) is 1.35. The molecule has 0 radical (unpaired) electrons. The van der Waals surface area contributed by atoms with Crippen molar-refractivity contribution in [1.82, 2.24) is 0 Å². The number of halogens is 1. The van der Waals surface area contributed by atoms with E-state index in [1.165, 1.54) is 19.3 Å². The summed E-state index contributed by atoms with van der Waals surface area (Å²) in [6.45, 7) is 4.42. The molecule has 0 rings (SSSR count). The van der Waals surface area contributed by atoms with E-state index in [-0.39, 0.29) is 0 Å². The third-order valence-electron chi connectivity index (χ3n) is 0.707. The van der Waals surface area contributed by atoms with Gasteiger partial charge in [0.2, 0.25) is 0 Å². The molecule has 0 unspecified atom stereocenters. The fourth-order valence-corrected chi connectivity index (χ4v) is 0.354. The van der Waals surface area contributed by atoms with E-state index >= 15 is 0 Å². The van der Waals surface area contributed by atoms with E-state index in [2.05, 4.69) is 31.1 Å². The Hall–Kier alpha value is 1.47. The Labute approximate surface area is 68.9 Å². The Morgan fingerprint density at radius 2 is 1.43 bits per heavy atom. The van der Waals surface area contributed by atoms with Crippen LogP contribution in [0.4, 0.5) is 0 Å². The number of unbranched alkanes of at least 4 members (excludes halogenated alkanes) is 2. The van der Waals surface area contributed by atoms with Crippen LogP contribution in [0.1, 0.15) is 33.1 Å². The van der Waals surface area contributed by atoms with Crippen LogP contribution in [0.2, 0.25) is 0 Å². The molecule has 50 valence electrons. The van der Waals surface area contributed by atoms with Gasteiger partial charge in [0.05, 0.1) is 0 Å². The minimum atomic E-state index is 1.34. The maximum atomic E-state index is 2.92. The van der Waals surface area contributed by atoms with Gasteiger partial charge >= 0.3 is 36.3 Å². The molecule has 0 aliphatic rings. The first kappa shape index (κ1) is 11.3. The molecule has 0 nitrogen and oxygen atoms in total. The van der Waals surface area contributed by atoms with Crippen molar-refractivity contribution in [3.05, 3.63) is 0 Å². The summed E-state index contributed by atoms with van der Waals surface area (Å²) in [4.78, 5) is 0. The van der Waals surface area contributed by atoms with Gasteiger partial charge in [-0.25, -0.2) is 0 Å². The van der Waals surface area contributed by atoms with Gasteiger partial charge in [-0.2, -0.15) is 0 Å². The van der Waals surface area contributed by atoms with Crippen LogP contribution in [0.3, 0.4) is 0 Å². The van der Waals surface area contributed by atoms with E-state index in [4.69, 9.17) is 0 Å². The van der Waals surface area contributed by atoms with E-state index in [1.54, 1.807) is 0 Å². The summed E-state index contributed by atoms with van der Waals surface area (Å²) >= 11 is 4.88. The summed E-state index contributed by atoms with van der Waals surface area (Å²) in [5, 5.41) is 0. The zero-order valence-corrected chi connectivity index (χ0v) is 8.44. The van der Waals surface area contributed by atoms with E-state index in [0.717, 1.165) is 0 Å². The van der Waals surface area contributed by atoms with Gasteiger partial charge in [0.15, 0.2) is 0 Å². The van der Waals surface area contributed by atoms with Crippen molar-refractivity contribution in [2.75, 3.05) is 0 Å². The first-order chi connectivity index (χ1) is 3.41. The molecule has 0 spiro atoms. The van der Waals surface area contributed by atoms with Gasteiger partial charge in [-0.15, -0.1) is 0 Å². The molecule has 0 aromatic rings. The fourth-order valence-electron chi connectivity index (χ4n) is 0.354. The SMILES string of the molecule is CCCCC.[Ag][I]. The molecule has 0 aromatic heterocycles. The van der Waals surface area contributed by atoms with E-state index in [9.17, 15) is 0 Å². The van der Waals surface area contributed by atoms with Crippen LogP contribution < -0.4 is 0 Å². The summed E-state index contributed by atoms with van der Waals surface area (Å²) in [6, 6.07) is 0. The Morgan fingerprint density at radius 1 is 1.14 bits per heavy atom. The van der Waals surface area contributed by atoms with Crippen molar-refractivity contribution in [2.24, 2.45) is 0 Å². The molecule has 0 saturated carbocycles. The van der Waals surface area contributed by atoms with Crippen molar-refractivity contribution >= 4 is 19.0 Å². The second kappa shape index (κ2) is 15.6. The van der Waals surface area contributed by atoms with Gasteiger partial charge < -0.3 is 0 Å². The molecule has 0 aliphatic heterocycles. The molecule has 0 atom stereocenters. The van der Waals surface area contributed by atoms with E-state index in [0.29, 0.717) is 0 Å². The molecule has 0 fully saturated rings. The molecule has 0 aliphatic carbocycles. The Balaban J connectivity index is 0. The van der Waals surface area contributed by atoms with Crippen molar-refractivity contribution in [3.63, 3.8) is 0 Å². The standard InChI is InChI=1S/C5H12.Ag.HI/c1-3-5-4-2;;/h3-5H2,1-2H3;;1H/q;+1;/p-1. The molecule has 7 heavy (non-hydrogen) atoms. The minimum absolute atomic E-state index is 1.34. The van der Waals surface area contributed by atoms with Gasteiger partial charge in [-0.05, 0) is 0 Å². The zero-order valence-electron chi connectivity index (χ0n) is 4.80. The maximum absolute atomic E-state index is 2.92. The normalized spacial score (nSPS) is 7.00. The molecular weight excluding hydrogens is 295 g/mol. The van der Waals surface area contributed by atoms with Crippen LogP contribution in [0.25, 0.3) is 0 Å². The van der Waals surface area contributed by atoms with Gasteiger partial charge in [-0.3, -0.25) is 0 Å². The summed E-state index contributed by atoms with van der Waals surface area (Å²) in [6.07, 6.45) is 4.08. The van der Waals surface area contributed by atoms with Crippen LogP contribution >= 0.6 is 19.0 Å².